The first-order valence-electron chi connectivity index (χ1n) is 8.94. The molecule has 1 aromatic rings. The van der Waals surface area contributed by atoms with Crippen LogP contribution in [0.25, 0.3) is 0 Å². The number of piperazine rings is 1. The molecule has 0 radical (unpaired) electrons. The van der Waals surface area contributed by atoms with E-state index in [1.54, 1.807) is 17.3 Å². The molecular formula is C17H25BN4O5. The zero-order chi connectivity index (χ0) is 20.0. The van der Waals surface area contributed by atoms with E-state index < -0.39 is 30.3 Å². The van der Waals surface area contributed by atoms with Crippen LogP contribution in [0.1, 0.15) is 34.6 Å². The molecule has 0 bridgehead atoms. The molecule has 146 valence electrons. The fourth-order valence-electron chi connectivity index (χ4n) is 3.15. The molecule has 10 heteroatoms. The number of aliphatic carboxylic acids is 1. The number of amides is 1. The Bertz CT molecular complexity index is 723. The Morgan fingerprint density at radius 3 is 2.19 bits per heavy atom. The lowest BCUT2D eigenvalue weighted by atomic mass is 9.81. The zero-order valence-electron chi connectivity index (χ0n) is 16.3. The van der Waals surface area contributed by atoms with E-state index in [0.29, 0.717) is 24.5 Å². The SMILES string of the molecule is CC(=O)N1CCN(c2ncc(B3OC(C)(C)C(C)(C)O3)cn2)C[C@H]1C(=O)O. The lowest BCUT2D eigenvalue weighted by molar-refractivity contribution is -0.149. The minimum Gasteiger partial charge on any atom is -0.480 e. The molecule has 3 rings (SSSR count). The van der Waals surface area contributed by atoms with Gasteiger partial charge in [0, 0.05) is 37.9 Å². The van der Waals surface area contributed by atoms with Crippen LogP contribution in [0.5, 0.6) is 0 Å². The Kier molecular flexibility index (Phi) is 4.90. The van der Waals surface area contributed by atoms with E-state index in [0.717, 1.165) is 0 Å². The number of hydrogen-bond donors (Lipinski definition) is 1. The van der Waals surface area contributed by atoms with Gasteiger partial charge in [-0.25, -0.2) is 14.8 Å². The Morgan fingerprint density at radius 1 is 1.15 bits per heavy atom. The summed E-state index contributed by atoms with van der Waals surface area (Å²) in [6.45, 7) is 10.2. The number of carboxylic acids is 1. The van der Waals surface area contributed by atoms with E-state index in [1.807, 2.05) is 27.7 Å². The van der Waals surface area contributed by atoms with Crippen molar-refractivity contribution in [1.82, 2.24) is 14.9 Å². The van der Waals surface area contributed by atoms with Gasteiger partial charge in [0.1, 0.15) is 6.04 Å². The monoisotopic (exact) mass is 376 g/mol. The van der Waals surface area contributed by atoms with Crippen molar-refractivity contribution >= 4 is 30.4 Å². The highest BCUT2D eigenvalue weighted by Gasteiger charge is 2.52. The van der Waals surface area contributed by atoms with E-state index in [1.165, 1.54) is 11.8 Å². The normalized spacial score (nSPS) is 24.2. The molecule has 1 aromatic heterocycles. The van der Waals surface area contributed by atoms with Crippen LogP contribution in [-0.2, 0) is 18.9 Å². The number of carboxylic acid groups (broad SMARTS) is 1. The average molecular weight is 376 g/mol. The molecule has 0 spiro atoms. The molecule has 1 N–H and O–H groups in total. The molecular weight excluding hydrogens is 351 g/mol. The summed E-state index contributed by atoms with van der Waals surface area (Å²) in [6.07, 6.45) is 3.27. The van der Waals surface area contributed by atoms with Crippen LogP contribution in [0.15, 0.2) is 12.4 Å². The second-order valence-electron chi connectivity index (χ2n) is 7.92. The molecule has 9 nitrogen and oxygen atoms in total. The summed E-state index contributed by atoms with van der Waals surface area (Å²) in [4.78, 5) is 35.0. The third-order valence-corrected chi connectivity index (χ3v) is 5.54. The number of anilines is 1. The van der Waals surface area contributed by atoms with E-state index in [4.69, 9.17) is 9.31 Å². The first-order valence-corrected chi connectivity index (χ1v) is 8.94. The Labute approximate surface area is 158 Å². The van der Waals surface area contributed by atoms with Crippen molar-refractivity contribution < 1.29 is 24.0 Å². The van der Waals surface area contributed by atoms with Gasteiger partial charge in [0.15, 0.2) is 0 Å². The van der Waals surface area contributed by atoms with Gasteiger partial charge in [0.2, 0.25) is 11.9 Å². The zero-order valence-corrected chi connectivity index (χ0v) is 16.3. The molecule has 27 heavy (non-hydrogen) atoms. The smallest absolute Gasteiger partial charge is 0.480 e. The molecule has 0 saturated carbocycles. The van der Waals surface area contributed by atoms with Crippen molar-refractivity contribution in [1.29, 1.82) is 0 Å². The molecule has 3 heterocycles. The molecule has 2 aliphatic heterocycles. The van der Waals surface area contributed by atoms with E-state index in [2.05, 4.69) is 9.97 Å². The van der Waals surface area contributed by atoms with Gasteiger partial charge in [-0.2, -0.15) is 0 Å². The number of hydrogen-bond acceptors (Lipinski definition) is 7. The summed E-state index contributed by atoms with van der Waals surface area (Å²) in [7, 11) is -0.551. The van der Waals surface area contributed by atoms with Gasteiger partial charge in [-0.05, 0) is 27.7 Å². The maximum absolute atomic E-state index is 11.6. The lowest BCUT2D eigenvalue weighted by Crippen LogP contribution is -2.58. The van der Waals surface area contributed by atoms with Crippen LogP contribution in [0.4, 0.5) is 5.95 Å². The van der Waals surface area contributed by atoms with Crippen molar-refractivity contribution in [3.05, 3.63) is 12.4 Å². The minimum absolute atomic E-state index is 0.144. The molecule has 0 aromatic carbocycles. The summed E-state index contributed by atoms with van der Waals surface area (Å²) in [6, 6.07) is -0.914. The minimum atomic E-state index is -1.04. The number of carbonyl (C=O) groups is 2. The molecule has 0 unspecified atom stereocenters. The van der Waals surface area contributed by atoms with Crippen LogP contribution in [0.3, 0.4) is 0 Å². The summed E-state index contributed by atoms with van der Waals surface area (Å²) in [5.41, 5.74) is -0.197. The van der Waals surface area contributed by atoms with Crippen LogP contribution < -0.4 is 10.4 Å². The van der Waals surface area contributed by atoms with Gasteiger partial charge in [-0.15, -0.1) is 0 Å². The molecule has 1 amide bonds. The third-order valence-electron chi connectivity index (χ3n) is 5.54. The fraction of sp³-hybridized carbons (Fsp3) is 0.647. The first kappa shape index (κ1) is 19.6. The van der Waals surface area contributed by atoms with E-state index >= 15 is 0 Å². The number of rotatable bonds is 3. The average Bonchev–Trinajstić information content (AvgIpc) is 2.82. The van der Waals surface area contributed by atoms with Crippen molar-refractivity contribution in [2.24, 2.45) is 0 Å². The van der Waals surface area contributed by atoms with Gasteiger partial charge in [-0.1, -0.05) is 0 Å². The van der Waals surface area contributed by atoms with Crippen molar-refractivity contribution in [3.8, 4) is 0 Å². The van der Waals surface area contributed by atoms with Gasteiger partial charge in [0.05, 0.1) is 17.7 Å². The van der Waals surface area contributed by atoms with Crippen LogP contribution in [0, 0.1) is 0 Å². The molecule has 1 atom stereocenters. The summed E-state index contributed by atoms with van der Waals surface area (Å²) in [5.74, 6) is -0.868. The highest BCUT2D eigenvalue weighted by atomic mass is 16.7. The Hall–Kier alpha value is -2.20. The maximum atomic E-state index is 11.6. The largest absolute Gasteiger partial charge is 0.498 e. The van der Waals surface area contributed by atoms with E-state index in [9.17, 15) is 14.7 Å². The van der Waals surface area contributed by atoms with E-state index in [-0.39, 0.29) is 12.5 Å². The van der Waals surface area contributed by atoms with Crippen molar-refractivity contribution in [3.63, 3.8) is 0 Å². The van der Waals surface area contributed by atoms with Crippen LogP contribution in [0.2, 0.25) is 0 Å². The number of aromatic nitrogens is 2. The summed E-state index contributed by atoms with van der Waals surface area (Å²) < 4.78 is 12.0. The standard InChI is InChI=1S/C17H25BN4O5/c1-11(23)22-7-6-21(10-13(22)14(24)25)15-19-8-12(9-20-15)18-26-16(2,3)17(4,5)27-18/h8-9,13H,6-7,10H2,1-5H3,(H,24,25)/t13-/m0/s1. The predicted molar refractivity (Wildman–Crippen MR) is 98.8 cm³/mol. The Morgan fingerprint density at radius 2 is 1.70 bits per heavy atom. The molecule has 2 saturated heterocycles. The first-order chi connectivity index (χ1) is 12.5. The predicted octanol–water partition coefficient (Wildman–Crippen LogP) is -0.102. The third kappa shape index (κ3) is 3.63. The molecule has 0 aliphatic carbocycles. The van der Waals surface area contributed by atoms with Gasteiger partial charge in [0.25, 0.3) is 0 Å². The quantitative estimate of drug-likeness (QED) is 0.730. The number of nitrogens with zero attached hydrogens (tertiary/aromatic N) is 4. The highest BCUT2D eigenvalue weighted by molar-refractivity contribution is 6.61. The summed E-state index contributed by atoms with van der Waals surface area (Å²) in [5, 5.41) is 9.41. The molecule has 2 aliphatic rings. The van der Waals surface area contributed by atoms with Crippen LogP contribution >= 0.6 is 0 Å². The van der Waals surface area contributed by atoms with Gasteiger partial charge in [-0.3, -0.25) is 4.79 Å². The maximum Gasteiger partial charge on any atom is 0.498 e. The van der Waals surface area contributed by atoms with Crippen LogP contribution in [-0.4, -0.2) is 75.8 Å². The van der Waals surface area contributed by atoms with Gasteiger partial charge < -0.3 is 24.2 Å². The molecule has 2 fully saturated rings. The van der Waals surface area contributed by atoms with Gasteiger partial charge >= 0.3 is 13.1 Å². The second-order valence-corrected chi connectivity index (χ2v) is 7.92. The van der Waals surface area contributed by atoms with Crippen molar-refractivity contribution in [2.75, 3.05) is 24.5 Å². The second kappa shape index (κ2) is 6.76. The lowest BCUT2D eigenvalue weighted by Gasteiger charge is -2.38. The summed E-state index contributed by atoms with van der Waals surface area (Å²) >= 11 is 0. The Balaban J connectivity index is 1.73. The topological polar surface area (TPSA) is 105 Å². The number of carbonyl (C=O) groups excluding carboxylic acids is 1. The fourth-order valence-corrected chi connectivity index (χ4v) is 3.15. The highest BCUT2D eigenvalue weighted by Crippen LogP contribution is 2.36. The van der Waals surface area contributed by atoms with Crippen molar-refractivity contribution in [2.45, 2.75) is 51.9 Å².